The molecule has 2 rings (SSSR count). The number of nitrogens with one attached hydrogen (secondary N) is 1. The van der Waals surface area contributed by atoms with Gasteiger partial charge in [-0.25, -0.2) is 0 Å². The van der Waals surface area contributed by atoms with E-state index in [4.69, 9.17) is 0 Å². The van der Waals surface area contributed by atoms with Gasteiger partial charge in [-0.1, -0.05) is 26.2 Å². The summed E-state index contributed by atoms with van der Waals surface area (Å²) in [5, 5.41) is 3.84. The molecule has 5 unspecified atom stereocenters. The minimum Gasteiger partial charge on any atom is -0.311 e. The van der Waals surface area contributed by atoms with Crippen molar-refractivity contribution in [3.63, 3.8) is 0 Å². The SMILES string of the molecule is CCCCC(C)NC(C)C1CC2CCC1C2. The van der Waals surface area contributed by atoms with Crippen LogP contribution >= 0.6 is 0 Å². The Hall–Kier alpha value is -0.0400. The van der Waals surface area contributed by atoms with Crippen molar-refractivity contribution in [2.75, 3.05) is 0 Å². The molecule has 1 nitrogen and oxygen atoms in total. The van der Waals surface area contributed by atoms with Gasteiger partial charge in [0.25, 0.3) is 0 Å². The number of hydrogen-bond donors (Lipinski definition) is 1. The summed E-state index contributed by atoms with van der Waals surface area (Å²) in [5.41, 5.74) is 0. The number of unbranched alkanes of at least 4 members (excludes halogenated alkanes) is 1. The molecule has 0 aliphatic heterocycles. The molecular formula is C15H29N. The van der Waals surface area contributed by atoms with Gasteiger partial charge in [0.15, 0.2) is 0 Å². The van der Waals surface area contributed by atoms with Crippen molar-refractivity contribution in [3.05, 3.63) is 0 Å². The van der Waals surface area contributed by atoms with Gasteiger partial charge in [-0.15, -0.1) is 0 Å². The van der Waals surface area contributed by atoms with Crippen molar-refractivity contribution in [1.29, 1.82) is 0 Å². The van der Waals surface area contributed by atoms with Crippen LogP contribution < -0.4 is 5.32 Å². The van der Waals surface area contributed by atoms with Crippen LogP contribution in [0, 0.1) is 17.8 Å². The summed E-state index contributed by atoms with van der Waals surface area (Å²) in [6.07, 6.45) is 10.1. The third kappa shape index (κ3) is 2.80. The lowest BCUT2D eigenvalue weighted by atomic mass is 9.83. The standard InChI is InChI=1S/C15H29N/c1-4-5-6-11(2)16-12(3)15-10-13-7-8-14(15)9-13/h11-16H,4-10H2,1-3H3. The zero-order valence-electron chi connectivity index (χ0n) is 11.3. The van der Waals surface area contributed by atoms with Crippen molar-refractivity contribution in [2.45, 2.75) is 77.8 Å². The lowest BCUT2D eigenvalue weighted by Crippen LogP contribution is -2.41. The third-order valence-corrected chi connectivity index (χ3v) is 4.97. The lowest BCUT2D eigenvalue weighted by molar-refractivity contribution is 0.244. The smallest absolute Gasteiger partial charge is 0.00722 e. The zero-order chi connectivity index (χ0) is 11.5. The fourth-order valence-corrected chi connectivity index (χ4v) is 4.07. The summed E-state index contributed by atoms with van der Waals surface area (Å²) in [7, 11) is 0. The Kier molecular flexibility index (Phi) is 4.29. The van der Waals surface area contributed by atoms with E-state index in [9.17, 15) is 0 Å². The average molecular weight is 223 g/mol. The first-order valence-electron chi connectivity index (χ1n) is 7.46. The topological polar surface area (TPSA) is 12.0 Å². The molecule has 0 radical (unpaired) electrons. The molecule has 0 saturated heterocycles. The Morgan fingerprint density at radius 3 is 2.56 bits per heavy atom. The fraction of sp³-hybridized carbons (Fsp3) is 1.00. The van der Waals surface area contributed by atoms with Gasteiger partial charge in [-0.2, -0.15) is 0 Å². The van der Waals surface area contributed by atoms with Gasteiger partial charge in [0.1, 0.15) is 0 Å². The van der Waals surface area contributed by atoms with E-state index in [2.05, 4.69) is 26.1 Å². The second-order valence-electron chi connectivity index (χ2n) is 6.34. The highest BCUT2D eigenvalue weighted by Crippen LogP contribution is 2.49. The van der Waals surface area contributed by atoms with Crippen LogP contribution in [0.2, 0.25) is 0 Å². The van der Waals surface area contributed by atoms with E-state index in [1.165, 1.54) is 38.5 Å². The maximum absolute atomic E-state index is 3.84. The number of rotatable bonds is 6. The predicted octanol–water partition coefficient (Wildman–Crippen LogP) is 3.98. The molecule has 2 fully saturated rings. The maximum atomic E-state index is 3.84. The molecule has 2 saturated carbocycles. The van der Waals surface area contributed by atoms with Crippen LogP contribution in [0.1, 0.15) is 65.7 Å². The molecule has 1 N–H and O–H groups in total. The normalized spacial score (nSPS) is 36.6. The van der Waals surface area contributed by atoms with E-state index in [1.54, 1.807) is 6.42 Å². The van der Waals surface area contributed by atoms with Gasteiger partial charge in [0, 0.05) is 12.1 Å². The van der Waals surface area contributed by atoms with Gasteiger partial charge >= 0.3 is 0 Å². The molecule has 1 heteroatoms. The van der Waals surface area contributed by atoms with Crippen LogP contribution in [-0.4, -0.2) is 12.1 Å². The quantitative estimate of drug-likeness (QED) is 0.718. The van der Waals surface area contributed by atoms with E-state index in [0.717, 1.165) is 23.8 Å². The van der Waals surface area contributed by atoms with Gasteiger partial charge < -0.3 is 5.32 Å². The molecule has 0 aromatic rings. The average Bonchev–Trinajstić information content (AvgIpc) is 2.87. The van der Waals surface area contributed by atoms with Gasteiger partial charge in [0.05, 0.1) is 0 Å². The van der Waals surface area contributed by atoms with E-state index in [1.807, 2.05) is 0 Å². The molecule has 16 heavy (non-hydrogen) atoms. The Bertz CT molecular complexity index is 213. The second kappa shape index (κ2) is 5.53. The first-order valence-corrected chi connectivity index (χ1v) is 7.46. The van der Waals surface area contributed by atoms with Crippen LogP contribution in [0.5, 0.6) is 0 Å². The molecule has 5 atom stereocenters. The monoisotopic (exact) mass is 223 g/mol. The molecular weight excluding hydrogens is 194 g/mol. The van der Waals surface area contributed by atoms with Crippen molar-refractivity contribution in [2.24, 2.45) is 17.8 Å². The molecule has 0 spiro atoms. The highest BCUT2D eigenvalue weighted by atomic mass is 14.9. The third-order valence-electron chi connectivity index (χ3n) is 4.97. The molecule has 2 bridgehead atoms. The Morgan fingerprint density at radius 2 is 2.00 bits per heavy atom. The minimum atomic E-state index is 0.717. The summed E-state index contributed by atoms with van der Waals surface area (Å²) in [4.78, 5) is 0. The van der Waals surface area contributed by atoms with E-state index >= 15 is 0 Å². The van der Waals surface area contributed by atoms with Crippen molar-refractivity contribution in [1.82, 2.24) is 5.32 Å². The second-order valence-corrected chi connectivity index (χ2v) is 6.34. The molecule has 0 heterocycles. The van der Waals surface area contributed by atoms with E-state index < -0.39 is 0 Å². The lowest BCUT2D eigenvalue weighted by Gasteiger charge is -2.31. The first-order chi connectivity index (χ1) is 7.70. The highest BCUT2D eigenvalue weighted by molar-refractivity contribution is 4.94. The minimum absolute atomic E-state index is 0.717. The highest BCUT2D eigenvalue weighted by Gasteiger charge is 2.41. The number of hydrogen-bond acceptors (Lipinski definition) is 1. The van der Waals surface area contributed by atoms with Crippen LogP contribution in [-0.2, 0) is 0 Å². The molecule has 2 aliphatic carbocycles. The van der Waals surface area contributed by atoms with Crippen LogP contribution in [0.4, 0.5) is 0 Å². The van der Waals surface area contributed by atoms with Crippen LogP contribution in [0.15, 0.2) is 0 Å². The Labute approximate surface area is 101 Å². The Morgan fingerprint density at radius 1 is 1.19 bits per heavy atom. The largest absolute Gasteiger partial charge is 0.311 e. The molecule has 0 amide bonds. The number of fused-ring (bicyclic) bond motifs is 2. The zero-order valence-corrected chi connectivity index (χ0v) is 11.3. The van der Waals surface area contributed by atoms with Gasteiger partial charge in [-0.05, 0) is 57.3 Å². The summed E-state index contributed by atoms with van der Waals surface area (Å²) in [6.45, 7) is 7.07. The van der Waals surface area contributed by atoms with Crippen LogP contribution in [0.25, 0.3) is 0 Å². The fourth-order valence-electron chi connectivity index (χ4n) is 4.07. The summed E-state index contributed by atoms with van der Waals surface area (Å²) in [5.74, 6) is 3.14. The van der Waals surface area contributed by atoms with Gasteiger partial charge in [0.2, 0.25) is 0 Å². The predicted molar refractivity (Wildman–Crippen MR) is 70.5 cm³/mol. The van der Waals surface area contributed by atoms with Crippen molar-refractivity contribution < 1.29 is 0 Å². The molecule has 2 aliphatic rings. The van der Waals surface area contributed by atoms with Crippen molar-refractivity contribution >= 4 is 0 Å². The summed E-state index contributed by atoms with van der Waals surface area (Å²) < 4.78 is 0. The van der Waals surface area contributed by atoms with Crippen LogP contribution in [0.3, 0.4) is 0 Å². The maximum Gasteiger partial charge on any atom is 0.00722 e. The molecule has 0 aromatic carbocycles. The Balaban J connectivity index is 1.73. The van der Waals surface area contributed by atoms with Gasteiger partial charge in [-0.3, -0.25) is 0 Å². The summed E-state index contributed by atoms with van der Waals surface area (Å²) >= 11 is 0. The molecule has 94 valence electrons. The summed E-state index contributed by atoms with van der Waals surface area (Å²) in [6, 6.07) is 1.47. The first kappa shape index (κ1) is 12.4. The van der Waals surface area contributed by atoms with E-state index in [-0.39, 0.29) is 0 Å². The van der Waals surface area contributed by atoms with E-state index in [0.29, 0.717) is 6.04 Å². The van der Waals surface area contributed by atoms with Crippen molar-refractivity contribution in [3.8, 4) is 0 Å². The molecule has 0 aromatic heterocycles.